The van der Waals surface area contributed by atoms with Crippen molar-refractivity contribution in [2.45, 2.75) is 12.8 Å². The molecule has 1 N–H and O–H groups in total. The maximum Gasteiger partial charge on any atom is 0.163 e. The van der Waals surface area contributed by atoms with Crippen molar-refractivity contribution >= 4 is 16.8 Å². The van der Waals surface area contributed by atoms with Crippen LogP contribution in [-0.2, 0) is 6.42 Å². The summed E-state index contributed by atoms with van der Waals surface area (Å²) in [6.07, 6.45) is 1.42. The Morgan fingerprint density at radius 1 is 1.23 bits per heavy atom. The standard InChI is InChI=1S/C9H7N3O/c13-8-4-2-6-5(8)1-3-7-9(6)11-12-10-7/h1,3H,2,4H2,(H,10,11,12). The number of aromatic amines is 1. The molecule has 0 unspecified atom stereocenters. The second kappa shape index (κ2) is 2.16. The zero-order valence-electron chi connectivity index (χ0n) is 6.87. The van der Waals surface area contributed by atoms with E-state index in [1.165, 1.54) is 0 Å². The molecule has 0 radical (unpaired) electrons. The normalized spacial score (nSPS) is 15.2. The number of H-pyrrole nitrogens is 1. The van der Waals surface area contributed by atoms with Crippen LogP contribution in [0.15, 0.2) is 12.1 Å². The van der Waals surface area contributed by atoms with Crippen LogP contribution in [0.25, 0.3) is 11.0 Å². The largest absolute Gasteiger partial charge is 0.294 e. The van der Waals surface area contributed by atoms with Gasteiger partial charge in [0.25, 0.3) is 0 Å². The molecule has 0 aliphatic heterocycles. The number of carbonyl (C=O) groups excluding carboxylic acids is 1. The average molecular weight is 173 g/mol. The predicted octanol–water partition coefficient (Wildman–Crippen LogP) is 1.09. The maximum atomic E-state index is 11.4. The number of Topliss-reactive ketones (excluding diaryl/α,β-unsaturated/α-hetero) is 1. The summed E-state index contributed by atoms with van der Waals surface area (Å²) in [6.45, 7) is 0. The minimum absolute atomic E-state index is 0.222. The fourth-order valence-corrected chi connectivity index (χ4v) is 1.86. The summed E-state index contributed by atoms with van der Waals surface area (Å²) < 4.78 is 0. The van der Waals surface area contributed by atoms with Gasteiger partial charge in [-0.25, -0.2) is 0 Å². The lowest BCUT2D eigenvalue weighted by Gasteiger charge is -1.95. The summed E-state index contributed by atoms with van der Waals surface area (Å²) in [5.41, 5.74) is 3.56. The lowest BCUT2D eigenvalue weighted by Crippen LogP contribution is -1.90. The van der Waals surface area contributed by atoms with E-state index < -0.39 is 0 Å². The van der Waals surface area contributed by atoms with Gasteiger partial charge in [0.1, 0.15) is 11.0 Å². The molecule has 13 heavy (non-hydrogen) atoms. The molecule has 1 aromatic heterocycles. The molecular formula is C9H7N3O. The van der Waals surface area contributed by atoms with Gasteiger partial charge in [0.2, 0.25) is 0 Å². The Bertz CT molecular complexity index is 501. The average Bonchev–Trinajstić information content (AvgIpc) is 2.70. The number of aromatic nitrogens is 3. The third kappa shape index (κ3) is 0.771. The van der Waals surface area contributed by atoms with Gasteiger partial charge in [-0.3, -0.25) is 4.79 Å². The number of aryl methyl sites for hydroxylation is 1. The van der Waals surface area contributed by atoms with E-state index in [9.17, 15) is 4.79 Å². The van der Waals surface area contributed by atoms with Gasteiger partial charge in [0.05, 0.1) is 0 Å². The van der Waals surface area contributed by atoms with Crippen molar-refractivity contribution in [3.8, 4) is 0 Å². The molecule has 0 amide bonds. The predicted molar refractivity (Wildman–Crippen MR) is 46.5 cm³/mol. The van der Waals surface area contributed by atoms with Crippen LogP contribution < -0.4 is 0 Å². The van der Waals surface area contributed by atoms with Crippen LogP contribution in [0, 0.1) is 0 Å². The number of carbonyl (C=O) groups is 1. The fourth-order valence-electron chi connectivity index (χ4n) is 1.86. The van der Waals surface area contributed by atoms with Crippen molar-refractivity contribution in [3.63, 3.8) is 0 Å². The fraction of sp³-hybridized carbons (Fsp3) is 0.222. The van der Waals surface area contributed by atoms with Gasteiger partial charge in [0.15, 0.2) is 5.78 Å². The number of fused-ring (bicyclic) bond motifs is 3. The van der Waals surface area contributed by atoms with Crippen molar-refractivity contribution in [2.24, 2.45) is 0 Å². The molecule has 0 atom stereocenters. The van der Waals surface area contributed by atoms with E-state index >= 15 is 0 Å². The third-order valence-electron chi connectivity index (χ3n) is 2.50. The molecule has 1 aliphatic rings. The molecule has 1 heterocycles. The van der Waals surface area contributed by atoms with Crippen LogP contribution in [0.3, 0.4) is 0 Å². The third-order valence-corrected chi connectivity index (χ3v) is 2.50. The number of rotatable bonds is 0. The first-order chi connectivity index (χ1) is 6.36. The Kier molecular flexibility index (Phi) is 1.12. The Hall–Kier alpha value is -1.71. The molecule has 64 valence electrons. The van der Waals surface area contributed by atoms with Crippen LogP contribution >= 0.6 is 0 Å². The van der Waals surface area contributed by atoms with Gasteiger partial charge in [0, 0.05) is 12.0 Å². The molecule has 4 heteroatoms. The van der Waals surface area contributed by atoms with Crippen molar-refractivity contribution in [3.05, 3.63) is 23.3 Å². The Morgan fingerprint density at radius 3 is 3.08 bits per heavy atom. The molecule has 0 saturated carbocycles. The highest BCUT2D eigenvalue weighted by Crippen LogP contribution is 2.27. The maximum absolute atomic E-state index is 11.4. The van der Waals surface area contributed by atoms with Gasteiger partial charge in [-0.2, -0.15) is 15.4 Å². The number of hydrogen-bond acceptors (Lipinski definition) is 3. The first kappa shape index (κ1) is 6.77. The Morgan fingerprint density at radius 2 is 2.15 bits per heavy atom. The molecule has 4 nitrogen and oxygen atoms in total. The molecule has 0 saturated heterocycles. The molecule has 3 rings (SSSR count). The highest BCUT2D eigenvalue weighted by molar-refractivity contribution is 6.04. The lowest BCUT2D eigenvalue weighted by molar-refractivity contribution is 0.0994. The smallest absolute Gasteiger partial charge is 0.163 e. The number of ketones is 1. The van der Waals surface area contributed by atoms with E-state index in [-0.39, 0.29) is 5.78 Å². The van der Waals surface area contributed by atoms with Crippen molar-refractivity contribution in [1.29, 1.82) is 0 Å². The summed E-state index contributed by atoms with van der Waals surface area (Å²) >= 11 is 0. The lowest BCUT2D eigenvalue weighted by atomic mass is 10.1. The quantitative estimate of drug-likeness (QED) is 0.648. The van der Waals surface area contributed by atoms with Crippen LogP contribution in [0.2, 0.25) is 0 Å². The van der Waals surface area contributed by atoms with Gasteiger partial charge < -0.3 is 0 Å². The molecule has 1 aliphatic carbocycles. The van der Waals surface area contributed by atoms with E-state index in [4.69, 9.17) is 0 Å². The number of nitrogens with one attached hydrogen (secondary N) is 1. The second-order valence-corrected chi connectivity index (χ2v) is 3.21. The highest BCUT2D eigenvalue weighted by atomic mass is 16.1. The molecule has 0 spiro atoms. The summed E-state index contributed by atoms with van der Waals surface area (Å²) in [5, 5.41) is 10.6. The van der Waals surface area contributed by atoms with Gasteiger partial charge in [-0.05, 0) is 24.1 Å². The van der Waals surface area contributed by atoms with Crippen LogP contribution in [0.1, 0.15) is 22.3 Å². The summed E-state index contributed by atoms with van der Waals surface area (Å²) in [4.78, 5) is 11.4. The number of nitrogens with zero attached hydrogens (tertiary/aromatic N) is 2. The summed E-state index contributed by atoms with van der Waals surface area (Å²) in [6, 6.07) is 3.68. The highest BCUT2D eigenvalue weighted by Gasteiger charge is 2.22. The Labute approximate surface area is 73.9 Å². The first-order valence-electron chi connectivity index (χ1n) is 4.22. The van der Waals surface area contributed by atoms with E-state index in [0.717, 1.165) is 28.6 Å². The molecular weight excluding hydrogens is 166 g/mol. The minimum atomic E-state index is 0.222. The number of hydrogen-bond donors (Lipinski definition) is 1. The number of benzene rings is 1. The van der Waals surface area contributed by atoms with E-state index in [2.05, 4.69) is 15.4 Å². The minimum Gasteiger partial charge on any atom is -0.294 e. The van der Waals surface area contributed by atoms with E-state index in [0.29, 0.717) is 6.42 Å². The van der Waals surface area contributed by atoms with Crippen LogP contribution in [0.5, 0.6) is 0 Å². The van der Waals surface area contributed by atoms with Crippen LogP contribution in [-0.4, -0.2) is 21.2 Å². The van der Waals surface area contributed by atoms with Crippen molar-refractivity contribution in [2.75, 3.05) is 0 Å². The zero-order valence-corrected chi connectivity index (χ0v) is 6.87. The monoisotopic (exact) mass is 173 g/mol. The topological polar surface area (TPSA) is 58.6 Å². The molecule has 0 bridgehead atoms. The molecule has 1 aromatic carbocycles. The van der Waals surface area contributed by atoms with Gasteiger partial charge in [-0.15, -0.1) is 0 Å². The first-order valence-corrected chi connectivity index (χ1v) is 4.22. The SMILES string of the molecule is O=C1CCc2c1ccc1n[nH]nc21. The van der Waals surface area contributed by atoms with Crippen LogP contribution in [0.4, 0.5) is 0 Å². The van der Waals surface area contributed by atoms with Gasteiger partial charge in [-0.1, -0.05) is 0 Å². The molecule has 2 aromatic rings. The Balaban J connectivity index is 2.45. The van der Waals surface area contributed by atoms with E-state index in [1.54, 1.807) is 0 Å². The second-order valence-electron chi connectivity index (χ2n) is 3.21. The van der Waals surface area contributed by atoms with Crippen molar-refractivity contribution in [1.82, 2.24) is 15.4 Å². The van der Waals surface area contributed by atoms with Crippen molar-refractivity contribution < 1.29 is 4.79 Å². The summed E-state index contributed by atoms with van der Waals surface area (Å²) in [5.74, 6) is 0.222. The zero-order chi connectivity index (χ0) is 8.84. The summed E-state index contributed by atoms with van der Waals surface area (Å²) in [7, 11) is 0. The van der Waals surface area contributed by atoms with Gasteiger partial charge >= 0.3 is 0 Å². The van der Waals surface area contributed by atoms with E-state index in [1.807, 2.05) is 12.1 Å². The molecule has 0 fully saturated rings.